The van der Waals surface area contributed by atoms with E-state index < -0.39 is 0 Å². The van der Waals surface area contributed by atoms with Crippen molar-refractivity contribution < 1.29 is 0 Å². The van der Waals surface area contributed by atoms with Crippen LogP contribution < -0.4 is 5.32 Å². The normalized spacial score (nSPS) is 13.7. The Morgan fingerprint density at radius 1 is 1.28 bits per heavy atom. The molecule has 0 saturated carbocycles. The van der Waals surface area contributed by atoms with Crippen LogP contribution in [0.2, 0.25) is 0 Å². The summed E-state index contributed by atoms with van der Waals surface area (Å²) < 4.78 is 0. The lowest BCUT2D eigenvalue weighted by molar-refractivity contribution is 0.900. The first kappa shape index (κ1) is 11.7. The van der Waals surface area contributed by atoms with E-state index in [4.69, 9.17) is 4.98 Å². The lowest BCUT2D eigenvalue weighted by Crippen LogP contribution is -2.02. The van der Waals surface area contributed by atoms with Gasteiger partial charge in [-0.15, -0.1) is 11.3 Å². The van der Waals surface area contributed by atoms with Gasteiger partial charge in [0.15, 0.2) is 5.82 Å². The first-order chi connectivity index (χ1) is 8.81. The molecule has 2 aromatic rings. The highest BCUT2D eigenvalue weighted by molar-refractivity contribution is 7.15. The Kier molecular flexibility index (Phi) is 3.04. The van der Waals surface area contributed by atoms with Gasteiger partial charge in [0, 0.05) is 23.2 Å². The maximum Gasteiger partial charge on any atom is 0.171 e. The third-order valence-corrected chi connectivity index (χ3v) is 4.63. The number of hydrogen-bond donors (Lipinski definition) is 1. The fraction of sp³-hybridized carbons (Fsp3) is 0.429. The van der Waals surface area contributed by atoms with E-state index in [2.05, 4.69) is 29.4 Å². The molecule has 2 heterocycles. The minimum Gasteiger partial charge on any atom is -0.373 e. The van der Waals surface area contributed by atoms with E-state index in [1.54, 1.807) is 11.3 Å². The summed E-state index contributed by atoms with van der Waals surface area (Å²) in [4.78, 5) is 12.0. The average Bonchev–Trinajstić information content (AvgIpc) is 3.05. The Labute approximate surface area is 111 Å². The van der Waals surface area contributed by atoms with Crippen molar-refractivity contribution in [3.8, 4) is 10.7 Å². The van der Waals surface area contributed by atoms with Gasteiger partial charge >= 0.3 is 0 Å². The summed E-state index contributed by atoms with van der Waals surface area (Å²) in [5.41, 5.74) is 2.55. The first-order valence-corrected chi connectivity index (χ1v) is 7.30. The van der Waals surface area contributed by atoms with E-state index in [1.807, 2.05) is 7.05 Å². The summed E-state index contributed by atoms with van der Waals surface area (Å²) >= 11 is 1.80. The smallest absolute Gasteiger partial charge is 0.171 e. The van der Waals surface area contributed by atoms with Crippen LogP contribution in [0.15, 0.2) is 12.1 Å². The Morgan fingerprint density at radius 2 is 2.17 bits per heavy atom. The summed E-state index contributed by atoms with van der Waals surface area (Å²) in [6.07, 6.45) is 4.48. The second-order valence-corrected chi connectivity index (χ2v) is 5.71. The second kappa shape index (κ2) is 4.69. The molecule has 2 aromatic heterocycles. The van der Waals surface area contributed by atoms with Gasteiger partial charge < -0.3 is 5.32 Å². The third-order valence-electron chi connectivity index (χ3n) is 3.40. The number of aryl methyl sites for hydroxylation is 2. The molecule has 94 valence electrons. The van der Waals surface area contributed by atoms with Crippen molar-refractivity contribution in [2.24, 2.45) is 0 Å². The minimum atomic E-state index is 0.879. The monoisotopic (exact) mass is 259 g/mol. The molecule has 0 unspecified atom stereocenters. The molecular formula is C14H17N3S. The zero-order valence-electron chi connectivity index (χ0n) is 10.8. The maximum atomic E-state index is 4.74. The highest BCUT2D eigenvalue weighted by Crippen LogP contribution is 2.31. The van der Waals surface area contributed by atoms with Crippen LogP contribution >= 0.6 is 11.3 Å². The largest absolute Gasteiger partial charge is 0.373 e. The molecule has 0 aliphatic heterocycles. The number of nitrogens with zero attached hydrogens (tertiary/aromatic N) is 2. The number of hydrogen-bond acceptors (Lipinski definition) is 4. The van der Waals surface area contributed by atoms with Crippen molar-refractivity contribution in [1.82, 2.24) is 9.97 Å². The van der Waals surface area contributed by atoms with Crippen molar-refractivity contribution in [3.63, 3.8) is 0 Å². The molecule has 0 atom stereocenters. The van der Waals surface area contributed by atoms with Crippen LogP contribution in [0.25, 0.3) is 10.7 Å². The lowest BCUT2D eigenvalue weighted by Gasteiger charge is -2.08. The van der Waals surface area contributed by atoms with Gasteiger partial charge in [-0.3, -0.25) is 0 Å². The number of fused-ring (bicyclic) bond motifs is 1. The van der Waals surface area contributed by atoms with E-state index in [1.165, 1.54) is 27.4 Å². The maximum absolute atomic E-state index is 4.74. The van der Waals surface area contributed by atoms with Crippen molar-refractivity contribution in [3.05, 3.63) is 28.3 Å². The number of aromatic nitrogens is 2. The third kappa shape index (κ3) is 1.90. The summed E-state index contributed by atoms with van der Waals surface area (Å²) in [7, 11) is 1.94. The van der Waals surface area contributed by atoms with E-state index in [0.717, 1.165) is 30.9 Å². The molecular weight excluding hydrogens is 242 g/mol. The molecule has 0 fully saturated rings. The Morgan fingerprint density at radius 3 is 2.89 bits per heavy atom. The highest BCUT2D eigenvalue weighted by Gasteiger charge is 2.19. The topological polar surface area (TPSA) is 37.8 Å². The van der Waals surface area contributed by atoms with Crippen molar-refractivity contribution in [2.75, 3.05) is 12.4 Å². The molecule has 0 radical (unpaired) electrons. The summed E-state index contributed by atoms with van der Waals surface area (Å²) in [6, 6.07) is 4.31. The molecule has 18 heavy (non-hydrogen) atoms. The zero-order chi connectivity index (χ0) is 12.5. The lowest BCUT2D eigenvalue weighted by atomic mass is 10.2. The van der Waals surface area contributed by atoms with Crippen molar-refractivity contribution in [2.45, 2.75) is 32.6 Å². The minimum absolute atomic E-state index is 0.879. The molecule has 1 aliphatic carbocycles. The Bertz CT molecular complexity index is 574. The molecule has 0 amide bonds. The molecule has 0 bridgehead atoms. The van der Waals surface area contributed by atoms with Gasteiger partial charge in [0.05, 0.1) is 4.88 Å². The van der Waals surface area contributed by atoms with Crippen LogP contribution in [-0.4, -0.2) is 17.0 Å². The molecule has 0 aromatic carbocycles. The van der Waals surface area contributed by atoms with Gasteiger partial charge in [0.25, 0.3) is 0 Å². The number of thiophene rings is 1. The zero-order valence-corrected chi connectivity index (χ0v) is 11.6. The Balaban J connectivity index is 2.07. The molecule has 0 saturated heterocycles. The molecule has 4 heteroatoms. The van der Waals surface area contributed by atoms with Gasteiger partial charge in [-0.1, -0.05) is 6.92 Å². The van der Waals surface area contributed by atoms with Crippen LogP contribution in [0.3, 0.4) is 0 Å². The molecule has 1 N–H and O–H groups in total. The summed E-state index contributed by atoms with van der Waals surface area (Å²) in [6.45, 7) is 2.18. The summed E-state index contributed by atoms with van der Waals surface area (Å²) in [5, 5.41) is 3.21. The predicted octanol–water partition coefficient (Wildman–Crippen LogP) is 3.30. The van der Waals surface area contributed by atoms with Crippen LogP contribution in [0, 0.1) is 0 Å². The fourth-order valence-corrected chi connectivity index (χ4v) is 3.32. The van der Waals surface area contributed by atoms with Crippen molar-refractivity contribution >= 4 is 17.2 Å². The highest BCUT2D eigenvalue weighted by atomic mass is 32.1. The van der Waals surface area contributed by atoms with Crippen LogP contribution in [-0.2, 0) is 19.3 Å². The number of rotatable bonds is 3. The first-order valence-electron chi connectivity index (χ1n) is 6.48. The average molecular weight is 259 g/mol. The van der Waals surface area contributed by atoms with Crippen LogP contribution in [0.4, 0.5) is 5.82 Å². The second-order valence-electron chi connectivity index (χ2n) is 4.54. The van der Waals surface area contributed by atoms with E-state index >= 15 is 0 Å². The van der Waals surface area contributed by atoms with Crippen LogP contribution in [0.5, 0.6) is 0 Å². The van der Waals surface area contributed by atoms with Gasteiger partial charge in [-0.25, -0.2) is 9.97 Å². The number of anilines is 1. The summed E-state index contributed by atoms with van der Waals surface area (Å²) in [5.74, 6) is 1.89. The standard InChI is InChI=1S/C14H17N3S/c1-3-9-7-8-12(18-9)14-16-11-6-4-5-10(11)13(15-2)17-14/h7-8H,3-6H2,1-2H3,(H,15,16,17). The van der Waals surface area contributed by atoms with Gasteiger partial charge in [-0.05, 0) is 37.8 Å². The van der Waals surface area contributed by atoms with Gasteiger partial charge in [0.1, 0.15) is 5.82 Å². The molecule has 3 nitrogen and oxygen atoms in total. The quantitative estimate of drug-likeness (QED) is 0.919. The molecule has 1 aliphatic rings. The molecule has 3 rings (SSSR count). The van der Waals surface area contributed by atoms with E-state index in [0.29, 0.717) is 0 Å². The predicted molar refractivity (Wildman–Crippen MR) is 76.3 cm³/mol. The fourth-order valence-electron chi connectivity index (χ4n) is 2.44. The van der Waals surface area contributed by atoms with Crippen LogP contribution in [0.1, 0.15) is 29.5 Å². The Hall–Kier alpha value is -1.42. The van der Waals surface area contributed by atoms with Gasteiger partial charge in [0.2, 0.25) is 0 Å². The van der Waals surface area contributed by atoms with Gasteiger partial charge in [-0.2, -0.15) is 0 Å². The molecule has 0 spiro atoms. The van der Waals surface area contributed by atoms with E-state index in [-0.39, 0.29) is 0 Å². The van der Waals surface area contributed by atoms with Crippen molar-refractivity contribution in [1.29, 1.82) is 0 Å². The van der Waals surface area contributed by atoms with E-state index in [9.17, 15) is 0 Å². The number of nitrogens with one attached hydrogen (secondary N) is 1. The SMILES string of the molecule is CCc1ccc(-c2nc3c(c(NC)n2)CCC3)s1.